The number of rotatable bonds is 5. The number of aromatic nitrogens is 1. The average Bonchev–Trinajstić information content (AvgIpc) is 2.27. The Balaban J connectivity index is 2.93. The minimum Gasteiger partial charge on any atom is -0.487 e. The third kappa shape index (κ3) is 3.37. The zero-order valence-corrected chi connectivity index (χ0v) is 11.9. The third-order valence-electron chi connectivity index (χ3n) is 2.33. The van der Waals surface area contributed by atoms with Gasteiger partial charge in [-0.1, -0.05) is 15.9 Å². The fraction of sp³-hybridized carbons (Fsp3) is 0.583. The lowest BCUT2D eigenvalue weighted by Crippen LogP contribution is -2.31. The molecule has 0 saturated carbocycles. The van der Waals surface area contributed by atoms with Gasteiger partial charge >= 0.3 is 0 Å². The molecule has 16 heavy (non-hydrogen) atoms. The number of halogens is 1. The van der Waals surface area contributed by atoms with Gasteiger partial charge in [0.2, 0.25) is 0 Å². The molecule has 0 aliphatic heterocycles. The molecule has 0 aromatic carbocycles. The average molecular weight is 287 g/mol. The van der Waals surface area contributed by atoms with Crippen LogP contribution in [0.4, 0.5) is 5.82 Å². The molecular formula is C12H19BrN2O. The number of alkyl halides is 1. The molecule has 1 aromatic heterocycles. The van der Waals surface area contributed by atoms with Gasteiger partial charge in [0, 0.05) is 24.6 Å². The highest BCUT2D eigenvalue weighted by molar-refractivity contribution is 9.09. The first-order chi connectivity index (χ1) is 7.56. The highest BCUT2D eigenvalue weighted by Gasteiger charge is 2.15. The van der Waals surface area contributed by atoms with Crippen molar-refractivity contribution in [2.45, 2.75) is 32.9 Å². The first-order valence-corrected chi connectivity index (χ1v) is 6.59. The standard InChI is InChI=1S/C12H19BrN2O/c1-9(2)16-11-6-5-7-14-12(11)15(4)10(3)8-13/h5-7,9-10H,8H2,1-4H3. The Labute approximate surface area is 106 Å². The molecular weight excluding hydrogens is 268 g/mol. The second kappa shape index (κ2) is 6.09. The van der Waals surface area contributed by atoms with E-state index in [4.69, 9.17) is 4.74 Å². The number of hydrogen-bond donors (Lipinski definition) is 0. The van der Waals surface area contributed by atoms with Crippen molar-refractivity contribution in [1.29, 1.82) is 0 Å². The van der Waals surface area contributed by atoms with Crippen LogP contribution in [0.15, 0.2) is 18.3 Å². The summed E-state index contributed by atoms with van der Waals surface area (Å²) in [6.07, 6.45) is 1.95. The summed E-state index contributed by atoms with van der Waals surface area (Å²) in [5.74, 6) is 1.73. The van der Waals surface area contributed by atoms with Crippen LogP contribution in [0.25, 0.3) is 0 Å². The van der Waals surface area contributed by atoms with Gasteiger partial charge in [0.05, 0.1) is 6.10 Å². The molecule has 0 bridgehead atoms. The van der Waals surface area contributed by atoms with Crippen LogP contribution < -0.4 is 9.64 Å². The van der Waals surface area contributed by atoms with Crippen LogP contribution in [0, 0.1) is 0 Å². The molecule has 0 aliphatic rings. The van der Waals surface area contributed by atoms with E-state index in [1.165, 1.54) is 0 Å². The van der Waals surface area contributed by atoms with Gasteiger partial charge in [-0.25, -0.2) is 4.98 Å². The second-order valence-electron chi connectivity index (χ2n) is 4.11. The van der Waals surface area contributed by atoms with Crippen molar-refractivity contribution in [2.24, 2.45) is 0 Å². The maximum absolute atomic E-state index is 5.74. The van der Waals surface area contributed by atoms with Gasteiger partial charge in [-0.05, 0) is 32.9 Å². The van der Waals surface area contributed by atoms with Gasteiger partial charge in [-0.15, -0.1) is 0 Å². The number of nitrogens with zero attached hydrogens (tertiary/aromatic N) is 2. The van der Waals surface area contributed by atoms with E-state index < -0.39 is 0 Å². The molecule has 1 aromatic rings. The highest BCUT2D eigenvalue weighted by atomic mass is 79.9. The summed E-state index contributed by atoms with van der Waals surface area (Å²) in [6.45, 7) is 6.18. The Kier molecular flexibility index (Phi) is 5.06. The normalized spacial score (nSPS) is 12.6. The van der Waals surface area contributed by atoms with Crippen LogP contribution in [0.2, 0.25) is 0 Å². The highest BCUT2D eigenvalue weighted by Crippen LogP contribution is 2.26. The molecule has 90 valence electrons. The van der Waals surface area contributed by atoms with Crippen LogP contribution in [0.3, 0.4) is 0 Å². The van der Waals surface area contributed by atoms with E-state index in [-0.39, 0.29) is 6.10 Å². The molecule has 3 nitrogen and oxygen atoms in total. The first-order valence-electron chi connectivity index (χ1n) is 5.46. The maximum atomic E-state index is 5.74. The zero-order chi connectivity index (χ0) is 12.1. The van der Waals surface area contributed by atoms with E-state index >= 15 is 0 Å². The zero-order valence-electron chi connectivity index (χ0n) is 10.3. The SMILES string of the molecule is CC(C)Oc1cccnc1N(C)C(C)CBr. The number of ether oxygens (including phenoxy) is 1. The Hall–Kier alpha value is -0.770. The fourth-order valence-electron chi connectivity index (χ4n) is 1.31. The van der Waals surface area contributed by atoms with Crippen molar-refractivity contribution >= 4 is 21.7 Å². The molecule has 1 unspecified atom stereocenters. The van der Waals surface area contributed by atoms with Crippen LogP contribution in [0.1, 0.15) is 20.8 Å². The fourth-order valence-corrected chi connectivity index (χ4v) is 1.74. The van der Waals surface area contributed by atoms with Crippen molar-refractivity contribution in [3.05, 3.63) is 18.3 Å². The van der Waals surface area contributed by atoms with Gasteiger partial charge in [0.15, 0.2) is 11.6 Å². The van der Waals surface area contributed by atoms with Crippen molar-refractivity contribution in [1.82, 2.24) is 4.98 Å². The van der Waals surface area contributed by atoms with Crippen molar-refractivity contribution in [3.8, 4) is 5.75 Å². The number of pyridine rings is 1. The third-order valence-corrected chi connectivity index (χ3v) is 3.27. The van der Waals surface area contributed by atoms with E-state index in [9.17, 15) is 0 Å². The molecule has 0 radical (unpaired) electrons. The predicted molar refractivity (Wildman–Crippen MR) is 71.7 cm³/mol. The lowest BCUT2D eigenvalue weighted by molar-refractivity contribution is 0.242. The van der Waals surface area contributed by atoms with E-state index in [1.54, 1.807) is 6.20 Å². The molecule has 0 fully saturated rings. The minimum absolute atomic E-state index is 0.163. The molecule has 1 atom stereocenters. The van der Waals surface area contributed by atoms with Gasteiger partial charge < -0.3 is 9.64 Å². The van der Waals surface area contributed by atoms with Gasteiger partial charge in [-0.2, -0.15) is 0 Å². The second-order valence-corrected chi connectivity index (χ2v) is 4.75. The van der Waals surface area contributed by atoms with E-state index in [2.05, 4.69) is 32.7 Å². The quantitative estimate of drug-likeness (QED) is 0.778. The summed E-state index contributed by atoms with van der Waals surface area (Å²) < 4.78 is 5.74. The van der Waals surface area contributed by atoms with E-state index in [0.29, 0.717) is 6.04 Å². The van der Waals surface area contributed by atoms with Gasteiger partial charge in [-0.3, -0.25) is 0 Å². The first kappa shape index (κ1) is 13.3. The Morgan fingerprint density at radius 3 is 2.69 bits per heavy atom. The summed E-state index contributed by atoms with van der Waals surface area (Å²) >= 11 is 3.48. The summed E-state index contributed by atoms with van der Waals surface area (Å²) in [6, 6.07) is 4.23. The number of anilines is 1. The van der Waals surface area contributed by atoms with Crippen LogP contribution in [0.5, 0.6) is 5.75 Å². The Bertz CT molecular complexity index is 331. The summed E-state index contributed by atoms with van der Waals surface area (Å²) in [5.41, 5.74) is 0. The van der Waals surface area contributed by atoms with Gasteiger partial charge in [0.1, 0.15) is 0 Å². The lowest BCUT2D eigenvalue weighted by Gasteiger charge is -2.26. The monoisotopic (exact) mass is 286 g/mol. The van der Waals surface area contributed by atoms with Crippen molar-refractivity contribution in [2.75, 3.05) is 17.3 Å². The molecule has 4 heteroatoms. The van der Waals surface area contributed by atoms with E-state index in [0.717, 1.165) is 16.9 Å². The van der Waals surface area contributed by atoms with Crippen molar-refractivity contribution in [3.63, 3.8) is 0 Å². The molecule has 0 aliphatic carbocycles. The Morgan fingerprint density at radius 1 is 1.44 bits per heavy atom. The lowest BCUT2D eigenvalue weighted by atomic mass is 10.3. The van der Waals surface area contributed by atoms with Crippen LogP contribution in [-0.2, 0) is 0 Å². The maximum Gasteiger partial charge on any atom is 0.171 e. The molecule has 0 N–H and O–H groups in total. The smallest absolute Gasteiger partial charge is 0.171 e. The van der Waals surface area contributed by atoms with Crippen LogP contribution in [-0.4, -0.2) is 29.5 Å². The van der Waals surface area contributed by atoms with E-state index in [1.807, 2.05) is 33.0 Å². The Morgan fingerprint density at radius 2 is 2.12 bits per heavy atom. The van der Waals surface area contributed by atoms with Gasteiger partial charge in [0.25, 0.3) is 0 Å². The molecule has 0 saturated heterocycles. The minimum atomic E-state index is 0.163. The largest absolute Gasteiger partial charge is 0.487 e. The molecule has 1 heterocycles. The molecule has 0 spiro atoms. The molecule has 1 rings (SSSR count). The summed E-state index contributed by atoms with van der Waals surface area (Å²) in [5, 5.41) is 0.904. The summed E-state index contributed by atoms with van der Waals surface area (Å²) in [4.78, 5) is 6.50. The number of hydrogen-bond acceptors (Lipinski definition) is 3. The van der Waals surface area contributed by atoms with Crippen LogP contribution >= 0.6 is 15.9 Å². The predicted octanol–water partition coefficient (Wildman–Crippen LogP) is 3.09. The summed E-state index contributed by atoms with van der Waals surface area (Å²) in [7, 11) is 2.03. The topological polar surface area (TPSA) is 25.4 Å². The van der Waals surface area contributed by atoms with Crippen molar-refractivity contribution < 1.29 is 4.74 Å². The molecule has 0 amide bonds.